The lowest BCUT2D eigenvalue weighted by molar-refractivity contribution is -0.139. The number of amides is 1. The molecule has 0 radical (unpaired) electrons. The van der Waals surface area contributed by atoms with Gasteiger partial charge in [0.15, 0.2) is 0 Å². The zero-order valence-electron chi connectivity index (χ0n) is 15.5. The number of rotatable bonds is 2. The van der Waals surface area contributed by atoms with Crippen molar-refractivity contribution in [2.45, 2.75) is 38.1 Å². The standard InChI is InChI=1S/C18H25N5OS.2ClH/c1-18(19)6-3-2-4-14(18)17(24)23-9-7-22(8-10-23)15-13-5-11-25-16(13)21-12-20-15;;/h5,11-12,14H,2-4,6-10,19H2,1H3;2*1H. The minimum atomic E-state index is -0.359. The van der Waals surface area contributed by atoms with Gasteiger partial charge in [0.2, 0.25) is 5.91 Å². The highest BCUT2D eigenvalue weighted by Crippen LogP contribution is 2.33. The Morgan fingerprint density at radius 2 is 1.96 bits per heavy atom. The van der Waals surface area contributed by atoms with E-state index in [0.29, 0.717) is 0 Å². The quantitative estimate of drug-likeness (QED) is 0.790. The Balaban J connectivity index is 0.00000131. The molecule has 1 amide bonds. The van der Waals surface area contributed by atoms with Gasteiger partial charge in [0.05, 0.1) is 11.3 Å². The Morgan fingerprint density at radius 1 is 1.22 bits per heavy atom. The fourth-order valence-electron chi connectivity index (χ4n) is 4.15. The lowest BCUT2D eigenvalue weighted by Crippen LogP contribution is -2.57. The minimum Gasteiger partial charge on any atom is -0.352 e. The number of nitrogens with zero attached hydrogens (tertiary/aromatic N) is 4. The van der Waals surface area contributed by atoms with Crippen molar-refractivity contribution >= 4 is 58.1 Å². The molecule has 1 aliphatic carbocycles. The molecule has 2 fully saturated rings. The Morgan fingerprint density at radius 3 is 2.67 bits per heavy atom. The van der Waals surface area contributed by atoms with E-state index in [-0.39, 0.29) is 42.2 Å². The van der Waals surface area contributed by atoms with Crippen molar-refractivity contribution in [1.82, 2.24) is 14.9 Å². The molecule has 6 nitrogen and oxygen atoms in total. The average Bonchev–Trinajstić information content (AvgIpc) is 3.10. The first kappa shape index (κ1) is 22.1. The summed E-state index contributed by atoms with van der Waals surface area (Å²) >= 11 is 1.63. The molecule has 150 valence electrons. The number of piperazine rings is 1. The first-order chi connectivity index (χ1) is 12.1. The smallest absolute Gasteiger partial charge is 0.227 e. The van der Waals surface area contributed by atoms with E-state index in [1.165, 1.54) is 0 Å². The van der Waals surface area contributed by atoms with Crippen LogP contribution >= 0.6 is 36.2 Å². The summed E-state index contributed by atoms with van der Waals surface area (Å²) in [6.07, 6.45) is 5.75. The third kappa shape index (κ3) is 4.31. The summed E-state index contributed by atoms with van der Waals surface area (Å²) in [5.41, 5.74) is 6.07. The van der Waals surface area contributed by atoms with Crippen LogP contribution in [0.2, 0.25) is 0 Å². The summed E-state index contributed by atoms with van der Waals surface area (Å²) in [5, 5.41) is 3.16. The van der Waals surface area contributed by atoms with Crippen LogP contribution in [0.4, 0.5) is 5.82 Å². The van der Waals surface area contributed by atoms with Crippen LogP contribution in [-0.2, 0) is 4.79 Å². The van der Waals surface area contributed by atoms with Crippen molar-refractivity contribution in [2.75, 3.05) is 31.1 Å². The normalized spacial score (nSPS) is 25.6. The molecule has 1 saturated carbocycles. The summed E-state index contributed by atoms with van der Waals surface area (Å²) in [4.78, 5) is 27.1. The maximum Gasteiger partial charge on any atom is 0.227 e. The van der Waals surface area contributed by atoms with Gasteiger partial charge < -0.3 is 15.5 Å². The minimum absolute atomic E-state index is 0. The number of hydrogen-bond acceptors (Lipinski definition) is 6. The van der Waals surface area contributed by atoms with Crippen LogP contribution in [0, 0.1) is 5.92 Å². The number of aromatic nitrogens is 2. The second kappa shape index (κ2) is 8.90. The Hall–Kier alpha value is -1.15. The van der Waals surface area contributed by atoms with Crippen molar-refractivity contribution in [1.29, 1.82) is 0 Å². The van der Waals surface area contributed by atoms with E-state index in [2.05, 4.69) is 20.9 Å². The van der Waals surface area contributed by atoms with Crippen molar-refractivity contribution < 1.29 is 4.79 Å². The fourth-order valence-corrected chi connectivity index (χ4v) is 4.88. The van der Waals surface area contributed by atoms with Crippen LogP contribution in [0.15, 0.2) is 17.8 Å². The second-order valence-corrected chi connectivity index (χ2v) is 8.35. The van der Waals surface area contributed by atoms with E-state index in [9.17, 15) is 4.79 Å². The molecule has 0 spiro atoms. The predicted octanol–water partition coefficient (Wildman–Crippen LogP) is 3.09. The van der Waals surface area contributed by atoms with Gasteiger partial charge in [-0.2, -0.15) is 0 Å². The molecule has 1 aliphatic heterocycles. The van der Waals surface area contributed by atoms with Crippen LogP contribution in [0.5, 0.6) is 0 Å². The van der Waals surface area contributed by atoms with Gasteiger partial charge >= 0.3 is 0 Å². The maximum atomic E-state index is 13.0. The molecule has 27 heavy (non-hydrogen) atoms. The molecule has 2 aliphatic rings. The van der Waals surface area contributed by atoms with Crippen molar-refractivity contribution in [3.63, 3.8) is 0 Å². The summed E-state index contributed by atoms with van der Waals surface area (Å²) in [6.45, 7) is 5.13. The number of thiophene rings is 1. The summed E-state index contributed by atoms with van der Waals surface area (Å²) in [7, 11) is 0. The van der Waals surface area contributed by atoms with Crippen LogP contribution < -0.4 is 10.6 Å². The topological polar surface area (TPSA) is 75.4 Å². The number of carbonyl (C=O) groups is 1. The third-order valence-electron chi connectivity index (χ3n) is 5.68. The lowest BCUT2D eigenvalue weighted by Gasteiger charge is -2.42. The molecule has 2 atom stereocenters. The SMILES string of the molecule is CC1(N)CCCCC1C(=O)N1CCN(c2ncnc3sccc23)CC1.Cl.Cl. The molecule has 9 heteroatoms. The Bertz CT molecular complexity index is 776. The van der Waals surface area contributed by atoms with Gasteiger partial charge in [0, 0.05) is 31.7 Å². The molecule has 0 bridgehead atoms. The van der Waals surface area contributed by atoms with Gasteiger partial charge in [0.1, 0.15) is 17.0 Å². The molecule has 0 aromatic carbocycles. The molecule has 2 aromatic heterocycles. The number of anilines is 1. The monoisotopic (exact) mass is 431 g/mol. The van der Waals surface area contributed by atoms with E-state index < -0.39 is 0 Å². The number of carbonyl (C=O) groups excluding carboxylic acids is 1. The van der Waals surface area contributed by atoms with Gasteiger partial charge in [-0.1, -0.05) is 12.8 Å². The molecule has 1 saturated heterocycles. The zero-order chi connectivity index (χ0) is 17.4. The van der Waals surface area contributed by atoms with Crippen LogP contribution in [0.1, 0.15) is 32.6 Å². The molecule has 2 aromatic rings. The number of halogens is 2. The summed E-state index contributed by atoms with van der Waals surface area (Å²) in [6, 6.07) is 2.08. The molecule has 2 N–H and O–H groups in total. The third-order valence-corrected chi connectivity index (χ3v) is 6.50. The van der Waals surface area contributed by atoms with Crippen molar-refractivity contribution in [2.24, 2.45) is 11.7 Å². The van der Waals surface area contributed by atoms with Crippen LogP contribution in [-0.4, -0.2) is 52.5 Å². The lowest BCUT2D eigenvalue weighted by atomic mass is 9.74. The van der Waals surface area contributed by atoms with Crippen LogP contribution in [0.3, 0.4) is 0 Å². The van der Waals surface area contributed by atoms with Crippen molar-refractivity contribution in [3.05, 3.63) is 17.8 Å². The predicted molar refractivity (Wildman–Crippen MR) is 115 cm³/mol. The number of fused-ring (bicyclic) bond motifs is 1. The summed E-state index contributed by atoms with van der Waals surface area (Å²) in [5.74, 6) is 1.20. The highest BCUT2D eigenvalue weighted by Gasteiger charge is 2.40. The number of hydrogen-bond donors (Lipinski definition) is 1. The molecule has 4 rings (SSSR count). The molecule has 2 unspecified atom stereocenters. The van der Waals surface area contributed by atoms with E-state index in [0.717, 1.165) is 67.9 Å². The fraction of sp³-hybridized carbons (Fsp3) is 0.611. The van der Waals surface area contributed by atoms with Gasteiger partial charge in [-0.15, -0.1) is 36.2 Å². The second-order valence-electron chi connectivity index (χ2n) is 7.45. The molecular formula is C18H27Cl2N5OS. The highest BCUT2D eigenvalue weighted by atomic mass is 35.5. The Labute approximate surface area is 176 Å². The first-order valence-corrected chi connectivity index (χ1v) is 9.95. The van der Waals surface area contributed by atoms with Gasteiger partial charge in [-0.25, -0.2) is 9.97 Å². The molecular weight excluding hydrogens is 405 g/mol. The Kier molecular flexibility index (Phi) is 7.30. The van der Waals surface area contributed by atoms with E-state index in [4.69, 9.17) is 5.73 Å². The first-order valence-electron chi connectivity index (χ1n) is 9.07. The average molecular weight is 432 g/mol. The van der Waals surface area contributed by atoms with Gasteiger partial charge in [0.25, 0.3) is 0 Å². The highest BCUT2D eigenvalue weighted by molar-refractivity contribution is 7.16. The van der Waals surface area contributed by atoms with Gasteiger partial charge in [-0.05, 0) is 31.2 Å². The number of nitrogens with two attached hydrogens (primary N) is 1. The van der Waals surface area contributed by atoms with E-state index in [1.54, 1.807) is 17.7 Å². The van der Waals surface area contributed by atoms with E-state index >= 15 is 0 Å². The van der Waals surface area contributed by atoms with Crippen LogP contribution in [0.25, 0.3) is 10.2 Å². The molecule has 3 heterocycles. The summed E-state index contributed by atoms with van der Waals surface area (Å²) < 4.78 is 0. The van der Waals surface area contributed by atoms with E-state index in [1.807, 2.05) is 17.2 Å². The maximum absolute atomic E-state index is 13.0. The zero-order valence-corrected chi connectivity index (χ0v) is 17.9. The largest absolute Gasteiger partial charge is 0.352 e. The van der Waals surface area contributed by atoms with Gasteiger partial charge in [-0.3, -0.25) is 4.79 Å². The van der Waals surface area contributed by atoms with Crippen molar-refractivity contribution in [3.8, 4) is 0 Å².